The van der Waals surface area contributed by atoms with Gasteiger partial charge in [0, 0.05) is 16.8 Å². The van der Waals surface area contributed by atoms with Crippen LogP contribution in [0, 0.1) is 13.8 Å². The monoisotopic (exact) mass is 260 g/mol. The second-order valence-electron chi connectivity index (χ2n) is 4.27. The van der Waals surface area contributed by atoms with Gasteiger partial charge in [-0.3, -0.25) is 9.36 Å². The van der Waals surface area contributed by atoms with Crippen LogP contribution in [0.1, 0.15) is 16.4 Å². The van der Waals surface area contributed by atoms with Crippen LogP contribution in [0.4, 0.5) is 0 Å². The number of nitrogens with zero attached hydrogens (tertiary/aromatic N) is 3. The molecule has 1 N–H and O–H groups in total. The molecule has 3 aromatic rings. The van der Waals surface area contributed by atoms with E-state index in [2.05, 4.69) is 15.0 Å². The van der Waals surface area contributed by atoms with Crippen LogP contribution in [0.25, 0.3) is 10.2 Å². The van der Waals surface area contributed by atoms with Crippen molar-refractivity contribution in [2.45, 2.75) is 20.4 Å². The first-order valence-corrected chi connectivity index (χ1v) is 6.41. The van der Waals surface area contributed by atoms with Gasteiger partial charge in [0.15, 0.2) is 0 Å². The summed E-state index contributed by atoms with van der Waals surface area (Å²) in [6.45, 7) is 4.33. The maximum atomic E-state index is 12.2. The van der Waals surface area contributed by atoms with E-state index in [1.807, 2.05) is 19.9 Å². The number of hydrogen-bond donors (Lipinski definition) is 1. The molecule has 0 atom stereocenters. The molecule has 0 saturated carbocycles. The lowest BCUT2D eigenvalue weighted by Gasteiger charge is -2.02. The lowest BCUT2D eigenvalue weighted by Crippen LogP contribution is -2.21. The molecular formula is C12H12N4OS. The third kappa shape index (κ3) is 1.84. The number of rotatable bonds is 2. The van der Waals surface area contributed by atoms with Gasteiger partial charge in [0.1, 0.15) is 10.7 Å². The number of H-pyrrole nitrogens is 1. The molecule has 92 valence electrons. The lowest BCUT2D eigenvalue weighted by molar-refractivity contribution is 0.715. The molecule has 0 aliphatic heterocycles. The average Bonchev–Trinajstić information content (AvgIpc) is 2.89. The van der Waals surface area contributed by atoms with Gasteiger partial charge in [-0.1, -0.05) is 0 Å². The Bertz CT molecular complexity index is 768. The molecule has 3 aromatic heterocycles. The van der Waals surface area contributed by atoms with E-state index in [-0.39, 0.29) is 5.56 Å². The molecule has 3 rings (SSSR count). The Labute approximate surface area is 107 Å². The zero-order valence-corrected chi connectivity index (χ0v) is 10.9. The van der Waals surface area contributed by atoms with Crippen molar-refractivity contribution in [2.24, 2.45) is 0 Å². The van der Waals surface area contributed by atoms with Gasteiger partial charge in [-0.05, 0) is 19.9 Å². The summed E-state index contributed by atoms with van der Waals surface area (Å²) >= 11 is 1.54. The minimum atomic E-state index is -0.0154. The fourth-order valence-corrected chi connectivity index (χ4v) is 2.74. The minimum Gasteiger partial charge on any atom is -0.345 e. The SMILES string of the molecule is Cc1cnc(Cn2cnc3sc(C)cc3c2=O)[nH]1. The summed E-state index contributed by atoms with van der Waals surface area (Å²) in [6, 6.07) is 1.89. The van der Waals surface area contributed by atoms with Crippen molar-refractivity contribution in [3.63, 3.8) is 0 Å². The number of aromatic amines is 1. The number of aryl methyl sites for hydroxylation is 2. The molecule has 0 saturated heterocycles. The van der Waals surface area contributed by atoms with Gasteiger partial charge in [0.2, 0.25) is 0 Å². The molecule has 0 bridgehead atoms. The molecule has 3 heterocycles. The molecular weight excluding hydrogens is 248 g/mol. The van der Waals surface area contributed by atoms with Crippen molar-refractivity contribution in [2.75, 3.05) is 0 Å². The number of nitrogens with one attached hydrogen (secondary N) is 1. The highest BCUT2D eigenvalue weighted by Crippen LogP contribution is 2.19. The molecule has 0 aliphatic rings. The summed E-state index contributed by atoms with van der Waals surface area (Å²) in [5.41, 5.74) is 0.969. The first kappa shape index (κ1) is 11.2. The summed E-state index contributed by atoms with van der Waals surface area (Å²) in [4.78, 5) is 25.7. The molecule has 0 aromatic carbocycles. The zero-order chi connectivity index (χ0) is 12.7. The van der Waals surface area contributed by atoms with E-state index in [1.165, 1.54) is 11.3 Å². The van der Waals surface area contributed by atoms with Gasteiger partial charge >= 0.3 is 0 Å². The van der Waals surface area contributed by atoms with E-state index < -0.39 is 0 Å². The van der Waals surface area contributed by atoms with Gasteiger partial charge in [-0.25, -0.2) is 9.97 Å². The Balaban J connectivity index is 2.07. The number of aromatic nitrogens is 4. The maximum absolute atomic E-state index is 12.2. The third-order valence-corrected chi connectivity index (χ3v) is 3.68. The molecule has 6 heteroatoms. The van der Waals surface area contributed by atoms with Gasteiger partial charge in [0.05, 0.1) is 18.3 Å². The van der Waals surface area contributed by atoms with Gasteiger partial charge in [-0.2, -0.15) is 0 Å². The molecule has 0 spiro atoms. The van der Waals surface area contributed by atoms with Crippen LogP contribution >= 0.6 is 11.3 Å². The average molecular weight is 260 g/mol. The Morgan fingerprint density at radius 3 is 2.94 bits per heavy atom. The highest BCUT2D eigenvalue weighted by molar-refractivity contribution is 7.18. The third-order valence-electron chi connectivity index (χ3n) is 2.72. The van der Waals surface area contributed by atoms with Crippen molar-refractivity contribution < 1.29 is 0 Å². The largest absolute Gasteiger partial charge is 0.345 e. The molecule has 0 aliphatic carbocycles. The Kier molecular flexibility index (Phi) is 2.52. The lowest BCUT2D eigenvalue weighted by atomic mass is 10.3. The highest BCUT2D eigenvalue weighted by Gasteiger charge is 2.08. The van der Waals surface area contributed by atoms with Crippen LogP contribution in [0.15, 0.2) is 23.4 Å². The van der Waals surface area contributed by atoms with Gasteiger partial charge in [-0.15, -0.1) is 11.3 Å². The molecule has 0 radical (unpaired) electrons. The minimum absolute atomic E-state index is 0.0154. The van der Waals surface area contributed by atoms with Crippen LogP contribution in [0.3, 0.4) is 0 Å². The number of hydrogen-bond acceptors (Lipinski definition) is 4. The number of thiophene rings is 1. The fraction of sp³-hybridized carbons (Fsp3) is 0.250. The van der Waals surface area contributed by atoms with E-state index in [9.17, 15) is 4.79 Å². The van der Waals surface area contributed by atoms with E-state index in [0.29, 0.717) is 11.9 Å². The van der Waals surface area contributed by atoms with E-state index in [0.717, 1.165) is 21.2 Å². The van der Waals surface area contributed by atoms with Crippen molar-refractivity contribution in [3.05, 3.63) is 45.3 Å². The van der Waals surface area contributed by atoms with Crippen LogP contribution in [0.2, 0.25) is 0 Å². The molecule has 5 nitrogen and oxygen atoms in total. The summed E-state index contributed by atoms with van der Waals surface area (Å²) < 4.78 is 1.58. The normalized spacial score (nSPS) is 11.2. The quantitative estimate of drug-likeness (QED) is 0.764. The molecule has 18 heavy (non-hydrogen) atoms. The van der Waals surface area contributed by atoms with Gasteiger partial charge in [0.25, 0.3) is 5.56 Å². The first-order valence-electron chi connectivity index (χ1n) is 5.59. The van der Waals surface area contributed by atoms with Crippen molar-refractivity contribution in [1.82, 2.24) is 19.5 Å². The molecule has 0 amide bonds. The Morgan fingerprint density at radius 2 is 2.22 bits per heavy atom. The number of imidazole rings is 1. The second kappa shape index (κ2) is 4.06. The summed E-state index contributed by atoms with van der Waals surface area (Å²) in [5, 5.41) is 0.684. The van der Waals surface area contributed by atoms with E-state index in [4.69, 9.17) is 0 Å². The van der Waals surface area contributed by atoms with Crippen LogP contribution < -0.4 is 5.56 Å². The maximum Gasteiger partial charge on any atom is 0.262 e. The van der Waals surface area contributed by atoms with Crippen molar-refractivity contribution in [3.8, 4) is 0 Å². The second-order valence-corrected chi connectivity index (χ2v) is 5.50. The Morgan fingerprint density at radius 1 is 1.39 bits per heavy atom. The first-order chi connectivity index (χ1) is 8.63. The predicted molar refractivity (Wildman–Crippen MR) is 71.0 cm³/mol. The van der Waals surface area contributed by atoms with Crippen molar-refractivity contribution >= 4 is 21.6 Å². The molecule has 0 unspecified atom stereocenters. The summed E-state index contributed by atoms with van der Waals surface area (Å²) in [6.07, 6.45) is 3.33. The zero-order valence-electron chi connectivity index (χ0n) is 10.1. The smallest absolute Gasteiger partial charge is 0.262 e. The standard InChI is InChI=1S/C12H12N4OS/c1-7-4-13-10(15-7)5-16-6-14-11-9(12(16)17)3-8(2)18-11/h3-4,6H,5H2,1-2H3,(H,13,15). The van der Waals surface area contributed by atoms with Crippen LogP contribution in [0.5, 0.6) is 0 Å². The summed E-state index contributed by atoms with van der Waals surface area (Å²) in [5.74, 6) is 0.766. The Hall–Kier alpha value is -1.95. The highest BCUT2D eigenvalue weighted by atomic mass is 32.1. The van der Waals surface area contributed by atoms with E-state index in [1.54, 1.807) is 17.1 Å². The van der Waals surface area contributed by atoms with E-state index >= 15 is 0 Å². The topological polar surface area (TPSA) is 63.6 Å². The predicted octanol–water partition coefficient (Wildman–Crippen LogP) is 1.85. The molecule has 0 fully saturated rings. The fourth-order valence-electron chi connectivity index (χ4n) is 1.90. The summed E-state index contributed by atoms with van der Waals surface area (Å²) in [7, 11) is 0. The number of fused-ring (bicyclic) bond motifs is 1. The van der Waals surface area contributed by atoms with Crippen LogP contribution in [-0.4, -0.2) is 19.5 Å². The van der Waals surface area contributed by atoms with Crippen molar-refractivity contribution in [1.29, 1.82) is 0 Å². The van der Waals surface area contributed by atoms with Gasteiger partial charge < -0.3 is 4.98 Å². The van der Waals surface area contributed by atoms with Crippen LogP contribution in [-0.2, 0) is 6.54 Å².